The van der Waals surface area contributed by atoms with Gasteiger partial charge in [-0.15, -0.1) is 12.4 Å². The number of ether oxygens (including phenoxy) is 2. The van der Waals surface area contributed by atoms with Gasteiger partial charge >= 0.3 is 23.9 Å². The van der Waals surface area contributed by atoms with Crippen LogP contribution in [0.15, 0.2) is 103 Å². The number of carboxylic acids is 4. The molecule has 1 aromatic heterocycles. The Morgan fingerprint density at radius 1 is 0.904 bits per heavy atom. The molecule has 1 saturated carbocycles. The van der Waals surface area contributed by atoms with Crippen molar-refractivity contribution < 1.29 is 74.7 Å². The summed E-state index contributed by atoms with van der Waals surface area (Å²) in [4.78, 5) is 60.5. The van der Waals surface area contributed by atoms with Gasteiger partial charge in [0.2, 0.25) is 0 Å². The third-order valence-corrected chi connectivity index (χ3v) is 13.3. The molecule has 0 amide bonds. The highest BCUT2D eigenvalue weighted by Crippen LogP contribution is 2.63. The Hall–Kier alpha value is -6.00. The first-order chi connectivity index (χ1) is 33.7. The average Bonchev–Trinajstić information content (AvgIpc) is 3.72. The molecule has 4 aromatic rings. The molecular weight excluding hydrogens is 991 g/mol. The van der Waals surface area contributed by atoms with E-state index >= 15 is 0 Å². The predicted octanol–water partition coefficient (Wildman–Crippen LogP) is 4.27. The summed E-state index contributed by atoms with van der Waals surface area (Å²) in [7, 11) is 9.94. The number of methoxy groups -OCH3 is 1. The number of aliphatic carboxylic acids is 4. The summed E-state index contributed by atoms with van der Waals surface area (Å²) in [5, 5.41) is 61.7. The third-order valence-electron chi connectivity index (χ3n) is 13.0. The van der Waals surface area contributed by atoms with Gasteiger partial charge in [0.1, 0.15) is 0 Å². The molecule has 9 atom stereocenters. The van der Waals surface area contributed by atoms with Gasteiger partial charge in [0.05, 0.1) is 13.2 Å². The lowest BCUT2D eigenvalue weighted by molar-refractivity contribution is -0.165. The lowest BCUT2D eigenvalue weighted by atomic mass is 9.52. The molecule has 2 bridgehead atoms. The van der Waals surface area contributed by atoms with Crippen LogP contribution in [0.5, 0.6) is 11.5 Å². The zero-order valence-electron chi connectivity index (χ0n) is 41.5. The molecule has 21 heteroatoms. The normalized spacial score (nSPS) is 20.6. The van der Waals surface area contributed by atoms with E-state index in [-0.39, 0.29) is 41.2 Å². The topological polar surface area (TPSA) is 308 Å². The molecule has 73 heavy (non-hydrogen) atoms. The minimum absolute atomic E-state index is 0. The van der Waals surface area contributed by atoms with E-state index < -0.39 is 42.2 Å². The Bertz CT molecular complexity index is 2400. The van der Waals surface area contributed by atoms with Crippen LogP contribution in [-0.2, 0) is 35.8 Å². The number of carbonyl (C=O) groups is 5. The smallest absolute Gasteiger partial charge is 0.335 e. The highest BCUT2D eigenvalue weighted by Gasteiger charge is 2.65. The Labute approximate surface area is 435 Å². The van der Waals surface area contributed by atoms with Crippen LogP contribution < -0.4 is 14.8 Å². The monoisotopic (exact) mass is 1060 g/mol. The number of aromatic nitrogens is 1. The third kappa shape index (κ3) is 16.5. The van der Waals surface area contributed by atoms with Crippen molar-refractivity contribution in [2.75, 3.05) is 48.4 Å². The molecule has 4 aliphatic rings. The number of hydrogen-bond donors (Lipinski definition) is 8. The number of piperidine rings is 1. The van der Waals surface area contributed by atoms with E-state index in [2.05, 4.69) is 65.5 Å². The summed E-state index contributed by atoms with van der Waals surface area (Å²) in [6, 6.07) is 28.7. The predicted molar refractivity (Wildman–Crippen MR) is 275 cm³/mol. The number of nitrogens with zero attached hydrogens (tertiary/aromatic N) is 3. The number of ketones is 1. The summed E-state index contributed by atoms with van der Waals surface area (Å²) in [5.74, 6) is -3.27. The molecule has 8 rings (SSSR count). The minimum Gasteiger partial charge on any atom is -0.493 e. The summed E-state index contributed by atoms with van der Waals surface area (Å²) in [5.41, 5.74) is 5.92. The van der Waals surface area contributed by atoms with E-state index in [4.69, 9.17) is 51.7 Å². The van der Waals surface area contributed by atoms with Crippen molar-refractivity contribution in [1.82, 2.24) is 20.1 Å². The molecule has 19 nitrogen and oxygen atoms in total. The van der Waals surface area contributed by atoms with Gasteiger partial charge in [-0.05, 0) is 127 Å². The molecule has 2 aliphatic heterocycles. The second-order valence-electron chi connectivity index (χ2n) is 17.7. The summed E-state index contributed by atoms with van der Waals surface area (Å²) in [6.07, 6.45) is 2.54. The van der Waals surface area contributed by atoms with Crippen LogP contribution in [0.1, 0.15) is 72.6 Å². The van der Waals surface area contributed by atoms with Crippen LogP contribution in [0.2, 0.25) is 5.02 Å². The minimum atomic E-state index is -2.27. The zero-order valence-corrected chi connectivity index (χ0v) is 43.1. The van der Waals surface area contributed by atoms with E-state index in [1.54, 1.807) is 7.11 Å². The fourth-order valence-corrected chi connectivity index (χ4v) is 9.46. The van der Waals surface area contributed by atoms with Crippen LogP contribution in [0, 0.1) is 5.92 Å². The maximum atomic E-state index is 12.6. The van der Waals surface area contributed by atoms with Gasteiger partial charge in [-0.1, -0.05) is 66.2 Å². The zero-order chi connectivity index (χ0) is 52.6. The van der Waals surface area contributed by atoms with Crippen molar-refractivity contribution in [3.05, 3.63) is 136 Å². The fraction of sp³-hybridized carbons (Fsp3) is 0.423. The second kappa shape index (κ2) is 29.6. The SMILES string of the molecule is CN(C)CCC(c1ccc(Cl)cc1)c1ccccn1.CN[C@@H](C)[C@@H](O)c1ccccc1.COc1ccc2c3c1O[C@H]1C(=O)CC[C@H]4[C@@H](C2)N(C)CC[C@]314.Cl.O.O=C(O)/C=C\C(=O)O.O=C(O)[C@H](O)[C@@H](O)C(=O)O. The lowest BCUT2D eigenvalue weighted by Gasteiger charge is -2.57. The number of likely N-dealkylation sites (tertiary alicyclic amines) is 1. The highest BCUT2D eigenvalue weighted by atomic mass is 35.5. The average molecular weight is 1060 g/mol. The Morgan fingerprint density at radius 2 is 1.49 bits per heavy atom. The van der Waals surface area contributed by atoms with Crippen molar-refractivity contribution in [1.29, 1.82) is 0 Å². The quantitative estimate of drug-likeness (QED) is 0.0818. The van der Waals surface area contributed by atoms with Crippen molar-refractivity contribution in [3.63, 3.8) is 0 Å². The molecule has 1 spiro atoms. The Kier molecular flexibility index (Phi) is 25.6. The first kappa shape index (κ1) is 63.1. The summed E-state index contributed by atoms with van der Waals surface area (Å²) < 4.78 is 11.8. The van der Waals surface area contributed by atoms with E-state index in [1.807, 2.05) is 80.8 Å². The van der Waals surface area contributed by atoms with Crippen LogP contribution in [0.25, 0.3) is 0 Å². The van der Waals surface area contributed by atoms with Crippen LogP contribution in [-0.4, -0.2) is 164 Å². The van der Waals surface area contributed by atoms with Gasteiger partial charge in [0.25, 0.3) is 0 Å². The van der Waals surface area contributed by atoms with Gasteiger partial charge < -0.3 is 65.8 Å². The maximum Gasteiger partial charge on any atom is 0.335 e. The molecule has 3 aromatic carbocycles. The molecule has 0 radical (unpaired) electrons. The van der Waals surface area contributed by atoms with E-state index in [0.29, 0.717) is 36.5 Å². The number of rotatable bonds is 14. The number of hydrogen-bond acceptors (Lipinski definition) is 14. The maximum absolute atomic E-state index is 12.6. The molecule has 400 valence electrons. The van der Waals surface area contributed by atoms with Crippen molar-refractivity contribution >= 4 is 53.7 Å². The number of Topliss-reactive ketones (excluding diaryl/α,β-unsaturated/α-hetero) is 1. The Balaban J connectivity index is 0.000000327. The second-order valence-corrected chi connectivity index (χ2v) is 18.2. The first-order valence-corrected chi connectivity index (χ1v) is 23.3. The van der Waals surface area contributed by atoms with E-state index in [0.717, 1.165) is 66.6 Å². The number of aliphatic hydroxyl groups is 3. The van der Waals surface area contributed by atoms with Gasteiger partial charge in [0.15, 0.2) is 35.6 Å². The van der Waals surface area contributed by atoms with Crippen LogP contribution in [0.3, 0.4) is 0 Å². The molecule has 1 saturated heterocycles. The number of benzene rings is 3. The van der Waals surface area contributed by atoms with Gasteiger partial charge in [0, 0.05) is 64.5 Å². The molecule has 3 heterocycles. The number of carbonyl (C=O) groups excluding carboxylic acids is 1. The highest BCUT2D eigenvalue weighted by molar-refractivity contribution is 6.30. The number of halogens is 2. The number of carboxylic acid groups (broad SMARTS) is 4. The number of nitrogens with one attached hydrogen (secondary N) is 1. The molecular formula is C52H68Cl2N4O15. The summed E-state index contributed by atoms with van der Waals surface area (Å²) in [6.45, 7) is 4.03. The molecule has 2 fully saturated rings. The lowest BCUT2D eigenvalue weighted by Crippen LogP contribution is -2.65. The first-order valence-electron chi connectivity index (χ1n) is 22.9. The van der Waals surface area contributed by atoms with E-state index in [1.165, 1.54) is 16.7 Å². The van der Waals surface area contributed by atoms with Crippen LogP contribution >= 0.6 is 24.0 Å². The number of aliphatic hydroxyl groups excluding tert-OH is 3. The summed E-state index contributed by atoms with van der Waals surface area (Å²) >= 11 is 5.97. The number of likely N-dealkylation sites (N-methyl/N-ethyl adjacent to an activating group) is 2. The fourth-order valence-electron chi connectivity index (χ4n) is 9.33. The molecule has 2 aliphatic carbocycles. The van der Waals surface area contributed by atoms with Gasteiger partial charge in [-0.2, -0.15) is 0 Å². The van der Waals surface area contributed by atoms with Crippen molar-refractivity contribution in [3.8, 4) is 11.5 Å². The molecule has 10 N–H and O–H groups in total. The van der Waals surface area contributed by atoms with Gasteiger partial charge in [-0.3, -0.25) is 9.78 Å². The Morgan fingerprint density at radius 3 is 2.00 bits per heavy atom. The molecule has 1 unspecified atom stereocenters. The van der Waals surface area contributed by atoms with E-state index in [9.17, 15) is 29.1 Å². The van der Waals surface area contributed by atoms with Crippen molar-refractivity contribution in [2.24, 2.45) is 5.92 Å². The largest absolute Gasteiger partial charge is 0.493 e. The van der Waals surface area contributed by atoms with Crippen LogP contribution in [0.4, 0.5) is 0 Å². The number of pyridine rings is 1. The van der Waals surface area contributed by atoms with Gasteiger partial charge in [-0.25, -0.2) is 19.2 Å². The standard InChI is InChI=1S/C18H21NO3.C16H19ClN2.C10H15NO.C4H6O6.C4H4O4.ClH.H2O/c1-19-8-7-18-11-4-5-13(20)17(18)22-16-14(21-2)6-3-10(15(16)18)9-12(11)19;1-19(2)12-10-15(16-5-3-4-11-18-16)13-6-8-14(17)9-7-13;1-8(11-2)10(12)9-6-4-3-5-7-9;5-1(3(7)8)2(6)4(9)10;5-3(6)1-2-4(7)8;;/h3,6,11-12,17H,4-5,7-9H2,1-2H3;3-9,11,15H,10,12H2,1-2H3;3-8,10-12H,1-2H3;1-2,5-6H,(H,7,8)(H,9,10);1-2H,(H,5,6)(H,7,8);1H;1H2/b;;;;2-1-;;/t11-,12+,17-,18-;;8-,10+;1-,2-;;;/m0.01.../s1. The van der Waals surface area contributed by atoms with Crippen molar-refractivity contribution in [2.45, 2.75) is 86.9 Å².